The van der Waals surface area contributed by atoms with Crippen molar-refractivity contribution in [3.8, 4) is 0 Å². The van der Waals surface area contributed by atoms with Gasteiger partial charge >= 0.3 is 6.18 Å². The number of fused-ring (bicyclic) bond motifs is 1. The van der Waals surface area contributed by atoms with Crippen LogP contribution in [0.4, 0.5) is 13.2 Å². The standard InChI is InChI=1S/C28H34F3N3O4S/c1-3-34-25-14-9-20(16-23(25)32-26(34)15-18-5-10-21(11-6-18)28(29,30)31)27(36)33-24(17-35)19-7-12-22(13-8-19)39(37,38)4-2/h7-9,12-14,16,18,21,24,35H,3-6,10-11,15,17H2,1-2H3,(H,33,36)/t18?,21?,24-/m1/s1. The van der Waals surface area contributed by atoms with Crippen LogP contribution < -0.4 is 5.32 Å². The Morgan fingerprint density at radius 1 is 1.10 bits per heavy atom. The number of amides is 1. The number of sulfone groups is 1. The van der Waals surface area contributed by atoms with E-state index in [4.69, 9.17) is 4.98 Å². The van der Waals surface area contributed by atoms with Crippen LogP contribution in [0.25, 0.3) is 11.0 Å². The number of hydrogen-bond donors (Lipinski definition) is 2. The molecule has 3 aromatic rings. The van der Waals surface area contributed by atoms with Crippen LogP contribution in [0.15, 0.2) is 47.4 Å². The van der Waals surface area contributed by atoms with E-state index in [2.05, 4.69) is 5.32 Å². The number of halogens is 3. The van der Waals surface area contributed by atoms with Gasteiger partial charge in [-0.25, -0.2) is 13.4 Å². The number of benzene rings is 2. The summed E-state index contributed by atoms with van der Waals surface area (Å²) in [6.45, 7) is 3.81. The van der Waals surface area contributed by atoms with Crippen molar-refractivity contribution in [2.24, 2.45) is 11.8 Å². The van der Waals surface area contributed by atoms with Crippen LogP contribution in [0.5, 0.6) is 0 Å². The fraction of sp³-hybridized carbons (Fsp3) is 0.500. The van der Waals surface area contributed by atoms with Gasteiger partial charge in [-0.2, -0.15) is 13.2 Å². The predicted molar refractivity (Wildman–Crippen MR) is 142 cm³/mol. The van der Waals surface area contributed by atoms with Crippen molar-refractivity contribution in [2.75, 3.05) is 12.4 Å². The topological polar surface area (TPSA) is 101 Å². The summed E-state index contributed by atoms with van der Waals surface area (Å²) in [6.07, 6.45) is -2.23. The molecule has 0 spiro atoms. The van der Waals surface area contributed by atoms with Gasteiger partial charge in [0.05, 0.1) is 40.2 Å². The fourth-order valence-corrected chi connectivity index (χ4v) is 6.22. The van der Waals surface area contributed by atoms with Crippen molar-refractivity contribution in [1.82, 2.24) is 14.9 Å². The van der Waals surface area contributed by atoms with E-state index in [-0.39, 0.29) is 36.0 Å². The molecule has 0 radical (unpaired) electrons. The summed E-state index contributed by atoms with van der Waals surface area (Å²) in [5, 5.41) is 12.7. The molecular weight excluding hydrogens is 531 g/mol. The zero-order valence-electron chi connectivity index (χ0n) is 22.0. The van der Waals surface area contributed by atoms with E-state index in [1.54, 1.807) is 31.2 Å². The molecule has 1 amide bonds. The molecule has 212 valence electrons. The maximum absolute atomic E-state index is 13.0. The molecule has 11 heteroatoms. The highest BCUT2D eigenvalue weighted by Crippen LogP contribution is 2.40. The van der Waals surface area contributed by atoms with Gasteiger partial charge in [0.15, 0.2) is 9.84 Å². The van der Waals surface area contributed by atoms with Crippen LogP contribution in [-0.2, 0) is 22.8 Å². The highest BCUT2D eigenvalue weighted by molar-refractivity contribution is 7.91. The third kappa shape index (κ3) is 6.46. The highest BCUT2D eigenvalue weighted by atomic mass is 32.2. The van der Waals surface area contributed by atoms with Gasteiger partial charge < -0.3 is 15.0 Å². The maximum atomic E-state index is 13.0. The molecule has 1 heterocycles. The van der Waals surface area contributed by atoms with Crippen LogP contribution in [0.1, 0.15) is 67.3 Å². The van der Waals surface area contributed by atoms with Crippen molar-refractivity contribution in [1.29, 1.82) is 0 Å². The first-order chi connectivity index (χ1) is 18.5. The summed E-state index contributed by atoms with van der Waals surface area (Å²) in [7, 11) is -3.36. The van der Waals surface area contributed by atoms with Crippen LogP contribution in [-0.4, -0.2) is 47.5 Å². The second-order valence-electron chi connectivity index (χ2n) is 10.1. The van der Waals surface area contributed by atoms with E-state index < -0.39 is 33.9 Å². The summed E-state index contributed by atoms with van der Waals surface area (Å²) < 4.78 is 65.3. The number of carbonyl (C=O) groups is 1. The summed E-state index contributed by atoms with van der Waals surface area (Å²) in [5.74, 6) is -0.721. The van der Waals surface area contributed by atoms with Gasteiger partial charge in [0, 0.05) is 18.5 Å². The largest absolute Gasteiger partial charge is 0.394 e. The number of aliphatic hydroxyl groups is 1. The van der Waals surface area contributed by atoms with Crippen molar-refractivity contribution in [2.45, 2.75) is 69.6 Å². The van der Waals surface area contributed by atoms with E-state index in [1.807, 2.05) is 17.6 Å². The molecule has 2 aromatic carbocycles. The molecule has 0 aliphatic heterocycles. The van der Waals surface area contributed by atoms with Gasteiger partial charge in [-0.1, -0.05) is 19.1 Å². The monoisotopic (exact) mass is 565 g/mol. The van der Waals surface area contributed by atoms with Gasteiger partial charge in [-0.3, -0.25) is 4.79 Å². The molecular formula is C28H34F3N3O4S. The number of imidazole rings is 1. The number of nitrogens with one attached hydrogen (secondary N) is 1. The fourth-order valence-electron chi connectivity index (χ4n) is 5.33. The first-order valence-electron chi connectivity index (χ1n) is 13.3. The molecule has 1 fully saturated rings. The Labute approximate surface area is 226 Å². The van der Waals surface area contributed by atoms with Gasteiger partial charge in [-0.05, 0) is 74.4 Å². The van der Waals surface area contributed by atoms with E-state index in [9.17, 15) is 31.5 Å². The van der Waals surface area contributed by atoms with Gasteiger partial charge in [-0.15, -0.1) is 0 Å². The lowest BCUT2D eigenvalue weighted by Gasteiger charge is -2.29. The molecule has 1 atom stereocenters. The third-order valence-electron chi connectivity index (χ3n) is 7.70. The molecule has 0 saturated heterocycles. The second-order valence-corrected chi connectivity index (χ2v) is 12.4. The summed E-state index contributed by atoms with van der Waals surface area (Å²) in [4.78, 5) is 18.0. The molecule has 1 aromatic heterocycles. The average molecular weight is 566 g/mol. The van der Waals surface area contributed by atoms with E-state index in [1.165, 1.54) is 12.1 Å². The van der Waals surface area contributed by atoms with Gasteiger partial charge in [0.25, 0.3) is 5.91 Å². The van der Waals surface area contributed by atoms with E-state index in [0.29, 0.717) is 42.5 Å². The Morgan fingerprint density at radius 2 is 1.77 bits per heavy atom. The minimum absolute atomic E-state index is 0.0241. The van der Waals surface area contributed by atoms with Crippen LogP contribution >= 0.6 is 0 Å². The number of aryl methyl sites for hydroxylation is 1. The maximum Gasteiger partial charge on any atom is 0.391 e. The number of rotatable bonds is 9. The zero-order chi connectivity index (χ0) is 28.4. The Bertz CT molecular complexity index is 1410. The van der Waals surface area contributed by atoms with Crippen LogP contribution in [0, 0.1) is 11.8 Å². The normalized spacial score (nSPS) is 19.2. The molecule has 1 aliphatic carbocycles. The van der Waals surface area contributed by atoms with Crippen LogP contribution in [0.3, 0.4) is 0 Å². The van der Waals surface area contributed by atoms with Crippen molar-refractivity contribution in [3.63, 3.8) is 0 Å². The van der Waals surface area contributed by atoms with E-state index >= 15 is 0 Å². The smallest absolute Gasteiger partial charge is 0.391 e. The average Bonchev–Trinajstić information content (AvgIpc) is 3.27. The number of carbonyl (C=O) groups excluding carboxylic acids is 1. The van der Waals surface area contributed by atoms with Crippen molar-refractivity contribution in [3.05, 3.63) is 59.4 Å². The third-order valence-corrected chi connectivity index (χ3v) is 9.45. The van der Waals surface area contributed by atoms with Crippen molar-refractivity contribution < 1.29 is 31.5 Å². The molecule has 0 unspecified atom stereocenters. The Kier molecular flexibility index (Phi) is 8.70. The number of nitrogens with zero attached hydrogens (tertiary/aromatic N) is 2. The van der Waals surface area contributed by atoms with Crippen molar-refractivity contribution >= 4 is 26.8 Å². The lowest BCUT2D eigenvalue weighted by Crippen LogP contribution is -2.30. The number of aromatic nitrogens is 2. The van der Waals surface area contributed by atoms with Gasteiger partial charge in [0.1, 0.15) is 5.82 Å². The molecule has 4 rings (SSSR count). The highest BCUT2D eigenvalue weighted by Gasteiger charge is 2.41. The van der Waals surface area contributed by atoms with Crippen LogP contribution in [0.2, 0.25) is 0 Å². The zero-order valence-corrected chi connectivity index (χ0v) is 22.9. The minimum atomic E-state index is -4.13. The predicted octanol–water partition coefficient (Wildman–Crippen LogP) is 5.22. The first-order valence-corrected chi connectivity index (χ1v) is 14.9. The summed E-state index contributed by atoms with van der Waals surface area (Å²) in [6, 6.07) is 10.5. The molecule has 1 aliphatic rings. The van der Waals surface area contributed by atoms with E-state index in [0.717, 1.165) is 11.3 Å². The first kappa shape index (κ1) is 29.1. The Balaban J connectivity index is 1.48. The minimum Gasteiger partial charge on any atom is -0.394 e. The molecule has 0 bridgehead atoms. The molecule has 2 N–H and O–H groups in total. The molecule has 7 nitrogen and oxygen atoms in total. The lowest BCUT2D eigenvalue weighted by molar-refractivity contribution is -0.183. The number of alkyl halides is 3. The lowest BCUT2D eigenvalue weighted by atomic mass is 9.80. The summed E-state index contributed by atoms with van der Waals surface area (Å²) >= 11 is 0. The number of aliphatic hydroxyl groups excluding tert-OH is 1. The van der Waals surface area contributed by atoms with Gasteiger partial charge in [0.2, 0.25) is 0 Å². The number of hydrogen-bond acceptors (Lipinski definition) is 5. The molecule has 39 heavy (non-hydrogen) atoms. The Morgan fingerprint density at radius 3 is 2.33 bits per heavy atom. The second kappa shape index (κ2) is 11.7. The Hall–Kier alpha value is -2.92. The SMILES string of the molecule is CCn1c(CC2CCC(C(F)(F)F)CC2)nc2cc(C(=O)N[C@H](CO)c3ccc(S(=O)(=O)CC)cc3)ccc21. The quantitative estimate of drug-likeness (QED) is 0.370. The summed E-state index contributed by atoms with van der Waals surface area (Å²) in [5.41, 5.74) is 2.39. The molecule has 1 saturated carbocycles.